The first kappa shape index (κ1) is 21.1. The van der Waals surface area contributed by atoms with Crippen LogP contribution in [0.15, 0.2) is 74.1 Å². The molecule has 1 aromatic carbocycles. The summed E-state index contributed by atoms with van der Waals surface area (Å²) in [6, 6.07) is 7.20. The van der Waals surface area contributed by atoms with E-state index < -0.39 is 0 Å². The monoisotopic (exact) mass is 426 g/mol. The molecule has 0 fully saturated rings. The number of rotatable bonds is 7. The van der Waals surface area contributed by atoms with Crippen molar-refractivity contribution in [3.63, 3.8) is 0 Å². The summed E-state index contributed by atoms with van der Waals surface area (Å²) in [5, 5.41) is 3.08. The fraction of sp³-hybridized carbons (Fsp3) is 0.120. The summed E-state index contributed by atoms with van der Waals surface area (Å²) in [6.07, 6.45) is 12.3. The van der Waals surface area contributed by atoms with Crippen LogP contribution in [-0.2, 0) is 6.42 Å². The van der Waals surface area contributed by atoms with Gasteiger partial charge in [-0.25, -0.2) is 19.3 Å². The van der Waals surface area contributed by atoms with Gasteiger partial charge in [-0.3, -0.25) is 4.98 Å². The minimum absolute atomic E-state index is 0.335. The average molecular weight is 426 g/mol. The van der Waals surface area contributed by atoms with Gasteiger partial charge in [0.05, 0.1) is 5.69 Å². The highest BCUT2D eigenvalue weighted by atomic mass is 19.1. The summed E-state index contributed by atoms with van der Waals surface area (Å²) in [5.41, 5.74) is 6.43. The van der Waals surface area contributed by atoms with Crippen LogP contribution in [0.1, 0.15) is 28.3 Å². The summed E-state index contributed by atoms with van der Waals surface area (Å²) in [4.78, 5) is 20.4. The van der Waals surface area contributed by atoms with E-state index in [9.17, 15) is 4.39 Å². The van der Waals surface area contributed by atoms with E-state index in [1.807, 2.05) is 31.2 Å². The zero-order valence-corrected chi connectivity index (χ0v) is 17.9. The smallest absolute Gasteiger partial charge is 0.133 e. The Hall–Kier alpha value is -4.13. The van der Waals surface area contributed by atoms with Crippen LogP contribution in [0.5, 0.6) is 0 Å². The molecule has 0 aliphatic carbocycles. The molecule has 0 unspecified atom stereocenters. The van der Waals surface area contributed by atoms with Gasteiger partial charge in [0, 0.05) is 66.3 Å². The Morgan fingerprint density at radius 1 is 1.16 bits per heavy atom. The van der Waals surface area contributed by atoms with Crippen molar-refractivity contribution >= 4 is 11.3 Å². The summed E-state index contributed by atoms with van der Waals surface area (Å²) >= 11 is 0. The van der Waals surface area contributed by atoms with E-state index >= 15 is 0 Å². The maximum atomic E-state index is 14.7. The first-order chi connectivity index (χ1) is 15.6. The number of H-pyrrole nitrogens is 1. The van der Waals surface area contributed by atoms with Crippen LogP contribution in [0.25, 0.3) is 16.7 Å². The normalized spacial score (nSPS) is 11.4. The quantitative estimate of drug-likeness (QED) is 0.408. The van der Waals surface area contributed by atoms with Gasteiger partial charge in [-0.1, -0.05) is 18.7 Å². The molecule has 160 valence electrons. The zero-order chi connectivity index (χ0) is 22.5. The van der Waals surface area contributed by atoms with Crippen LogP contribution < -0.4 is 5.32 Å². The Labute approximate surface area is 186 Å². The molecule has 0 amide bonds. The van der Waals surface area contributed by atoms with Gasteiger partial charge in [-0.15, -0.1) is 0 Å². The largest absolute Gasteiger partial charge is 0.388 e. The van der Waals surface area contributed by atoms with Crippen molar-refractivity contribution in [1.82, 2.24) is 24.9 Å². The van der Waals surface area contributed by atoms with Crippen LogP contribution >= 0.6 is 0 Å². The molecule has 2 N–H and O–H groups in total. The second-order valence-electron chi connectivity index (χ2n) is 7.25. The molecule has 0 radical (unpaired) electrons. The standard InChI is InChI=1S/C25H23FN6/c1-4-5-20(17-6-8-28-9-7-17)25-16(2)31-24(32-25)11-18-10-21(19-13-29-15-30-14-19)22(26)12-23(18)27-3/h4-10,12-15,27H,1,11H2,2-3H3,(H,31,32)/b20-5-. The Morgan fingerprint density at radius 2 is 1.91 bits per heavy atom. The number of aromatic amines is 1. The summed E-state index contributed by atoms with van der Waals surface area (Å²) in [7, 11) is 1.77. The Kier molecular flexibility index (Phi) is 6.17. The molecule has 32 heavy (non-hydrogen) atoms. The first-order valence-corrected chi connectivity index (χ1v) is 10.1. The van der Waals surface area contributed by atoms with Gasteiger partial charge < -0.3 is 10.3 Å². The molecule has 0 aliphatic heterocycles. The van der Waals surface area contributed by atoms with Crippen LogP contribution in [0.3, 0.4) is 0 Å². The number of imidazole rings is 1. The zero-order valence-electron chi connectivity index (χ0n) is 17.9. The summed E-state index contributed by atoms with van der Waals surface area (Å²) < 4.78 is 14.7. The van der Waals surface area contributed by atoms with Crippen LogP contribution in [0.2, 0.25) is 0 Å². The number of nitrogens with zero attached hydrogens (tertiary/aromatic N) is 4. The fourth-order valence-corrected chi connectivity index (χ4v) is 3.67. The Balaban J connectivity index is 1.73. The van der Waals surface area contributed by atoms with Crippen molar-refractivity contribution in [3.8, 4) is 11.1 Å². The van der Waals surface area contributed by atoms with Gasteiger partial charge in [0.1, 0.15) is 18.0 Å². The minimum Gasteiger partial charge on any atom is -0.388 e. The molecule has 3 aromatic heterocycles. The van der Waals surface area contributed by atoms with E-state index in [4.69, 9.17) is 4.98 Å². The van der Waals surface area contributed by atoms with Crippen molar-refractivity contribution in [2.24, 2.45) is 0 Å². The lowest BCUT2D eigenvalue weighted by atomic mass is 10.0. The van der Waals surface area contributed by atoms with Crippen molar-refractivity contribution in [1.29, 1.82) is 0 Å². The van der Waals surface area contributed by atoms with Crippen molar-refractivity contribution in [3.05, 3.63) is 108 Å². The molecule has 4 aromatic rings. The van der Waals surface area contributed by atoms with E-state index in [1.54, 1.807) is 37.9 Å². The van der Waals surface area contributed by atoms with E-state index in [0.717, 1.165) is 33.9 Å². The summed E-state index contributed by atoms with van der Waals surface area (Å²) in [6.45, 7) is 5.83. The molecule has 7 heteroatoms. The van der Waals surface area contributed by atoms with E-state index in [-0.39, 0.29) is 5.82 Å². The number of aromatic nitrogens is 5. The maximum Gasteiger partial charge on any atom is 0.133 e. The number of allylic oxidation sites excluding steroid dienone is 2. The van der Waals surface area contributed by atoms with Crippen LogP contribution in [0.4, 0.5) is 10.1 Å². The number of anilines is 1. The molecular weight excluding hydrogens is 403 g/mol. The summed E-state index contributed by atoms with van der Waals surface area (Å²) in [5.74, 6) is 0.443. The highest BCUT2D eigenvalue weighted by Crippen LogP contribution is 2.30. The molecular formula is C25H23FN6. The number of pyridine rings is 1. The third-order valence-corrected chi connectivity index (χ3v) is 5.16. The number of nitrogens with one attached hydrogen (secondary N) is 2. The second kappa shape index (κ2) is 9.34. The van der Waals surface area contributed by atoms with Gasteiger partial charge in [0.25, 0.3) is 0 Å². The third-order valence-electron chi connectivity index (χ3n) is 5.16. The van der Waals surface area contributed by atoms with Gasteiger partial charge in [-0.05, 0) is 42.3 Å². The highest BCUT2D eigenvalue weighted by molar-refractivity contribution is 5.80. The van der Waals surface area contributed by atoms with Gasteiger partial charge in [0.2, 0.25) is 0 Å². The topological polar surface area (TPSA) is 79.4 Å². The van der Waals surface area contributed by atoms with E-state index in [2.05, 4.69) is 31.8 Å². The Morgan fingerprint density at radius 3 is 2.59 bits per heavy atom. The maximum absolute atomic E-state index is 14.7. The number of hydrogen-bond donors (Lipinski definition) is 2. The Bertz CT molecular complexity index is 1260. The second-order valence-corrected chi connectivity index (χ2v) is 7.25. The predicted molar refractivity (Wildman–Crippen MR) is 125 cm³/mol. The number of aryl methyl sites for hydroxylation is 1. The molecule has 0 atom stereocenters. The molecule has 0 saturated heterocycles. The van der Waals surface area contributed by atoms with E-state index in [1.165, 1.54) is 12.4 Å². The molecule has 0 spiro atoms. The van der Waals surface area contributed by atoms with Crippen molar-refractivity contribution < 1.29 is 4.39 Å². The third kappa shape index (κ3) is 4.32. The molecule has 0 bridgehead atoms. The van der Waals surface area contributed by atoms with Gasteiger partial charge in [0.15, 0.2) is 0 Å². The average Bonchev–Trinajstić information content (AvgIpc) is 3.19. The predicted octanol–water partition coefficient (Wildman–Crippen LogP) is 4.96. The van der Waals surface area contributed by atoms with Crippen LogP contribution in [0, 0.1) is 12.7 Å². The van der Waals surface area contributed by atoms with Gasteiger partial charge in [-0.2, -0.15) is 0 Å². The highest BCUT2D eigenvalue weighted by Gasteiger charge is 2.16. The molecule has 6 nitrogen and oxygen atoms in total. The lowest BCUT2D eigenvalue weighted by molar-refractivity contribution is 0.631. The molecule has 3 heterocycles. The number of halogens is 1. The number of hydrogen-bond acceptors (Lipinski definition) is 5. The minimum atomic E-state index is -0.335. The lowest BCUT2D eigenvalue weighted by Gasteiger charge is -2.12. The first-order valence-electron chi connectivity index (χ1n) is 10.1. The molecule has 0 saturated carbocycles. The van der Waals surface area contributed by atoms with Crippen molar-refractivity contribution in [2.45, 2.75) is 13.3 Å². The van der Waals surface area contributed by atoms with Crippen LogP contribution in [-0.4, -0.2) is 32.0 Å². The molecule has 4 rings (SSSR count). The molecule has 0 aliphatic rings. The van der Waals surface area contributed by atoms with E-state index in [0.29, 0.717) is 23.2 Å². The SMILES string of the molecule is C=C/C=C(/c1ccncc1)c1nc(Cc2cc(-c3cncnc3)c(F)cc2NC)[nH]c1C. The van der Waals surface area contributed by atoms with Crippen molar-refractivity contribution in [2.75, 3.05) is 12.4 Å². The van der Waals surface area contributed by atoms with Gasteiger partial charge >= 0.3 is 0 Å². The fourth-order valence-electron chi connectivity index (χ4n) is 3.67. The number of benzene rings is 1. The lowest BCUT2D eigenvalue weighted by Crippen LogP contribution is -2.01.